The number of carbonyl (C=O) groups is 2. The number of nitrogens with one attached hydrogen (secondary N) is 1. The molecular weight excluding hydrogens is 276 g/mol. The molecule has 1 aromatic rings. The monoisotopic (exact) mass is 296 g/mol. The molecule has 0 aromatic carbocycles. The van der Waals surface area contributed by atoms with Crippen LogP contribution in [0, 0.1) is 12.8 Å². The van der Waals surface area contributed by atoms with Gasteiger partial charge in [-0.2, -0.15) is 11.3 Å². The second-order valence-electron chi connectivity index (χ2n) is 5.27. The van der Waals surface area contributed by atoms with Crippen molar-refractivity contribution < 1.29 is 14.7 Å². The first-order valence-corrected chi connectivity index (χ1v) is 7.76. The van der Waals surface area contributed by atoms with Crippen molar-refractivity contribution in [2.75, 3.05) is 13.1 Å². The number of thiophene rings is 1. The Balaban J connectivity index is 1.74. The van der Waals surface area contributed by atoms with Crippen LogP contribution in [0.5, 0.6) is 0 Å². The van der Waals surface area contributed by atoms with Gasteiger partial charge in [-0.15, -0.1) is 0 Å². The van der Waals surface area contributed by atoms with Crippen LogP contribution in [-0.4, -0.2) is 35.1 Å². The molecule has 20 heavy (non-hydrogen) atoms. The lowest BCUT2D eigenvalue weighted by atomic mass is 10.0. The summed E-state index contributed by atoms with van der Waals surface area (Å²) >= 11 is 1.64. The fourth-order valence-electron chi connectivity index (χ4n) is 2.43. The van der Waals surface area contributed by atoms with E-state index in [4.69, 9.17) is 5.11 Å². The molecule has 1 saturated heterocycles. The van der Waals surface area contributed by atoms with E-state index in [9.17, 15) is 9.59 Å². The minimum Gasteiger partial charge on any atom is -0.481 e. The third kappa shape index (κ3) is 3.96. The SMILES string of the molecule is Cc1cscc1CNC(=O)N1CCC(CCC(=O)O)C1. The van der Waals surface area contributed by atoms with E-state index >= 15 is 0 Å². The molecule has 5 nitrogen and oxygen atoms in total. The number of aryl methyl sites for hydroxylation is 1. The number of carboxylic acids is 1. The summed E-state index contributed by atoms with van der Waals surface area (Å²) in [5.74, 6) is -0.444. The van der Waals surface area contributed by atoms with Gasteiger partial charge < -0.3 is 15.3 Å². The fourth-order valence-corrected chi connectivity index (χ4v) is 3.29. The normalized spacial score (nSPS) is 18.2. The Morgan fingerprint density at radius 1 is 1.50 bits per heavy atom. The van der Waals surface area contributed by atoms with Gasteiger partial charge in [0, 0.05) is 26.1 Å². The molecule has 0 radical (unpaired) electrons. The van der Waals surface area contributed by atoms with Crippen LogP contribution in [-0.2, 0) is 11.3 Å². The standard InChI is InChI=1S/C14H20N2O3S/c1-10-8-20-9-12(10)6-15-14(19)16-5-4-11(7-16)2-3-13(17)18/h8-9,11H,2-7H2,1H3,(H,15,19)(H,17,18). The number of hydrogen-bond acceptors (Lipinski definition) is 3. The lowest BCUT2D eigenvalue weighted by Gasteiger charge is -2.17. The van der Waals surface area contributed by atoms with Crippen LogP contribution in [0.25, 0.3) is 0 Å². The van der Waals surface area contributed by atoms with Crippen molar-refractivity contribution in [1.82, 2.24) is 10.2 Å². The second kappa shape index (κ2) is 6.74. The maximum atomic E-state index is 12.0. The van der Waals surface area contributed by atoms with Crippen molar-refractivity contribution in [2.24, 2.45) is 5.92 Å². The number of carboxylic acid groups (broad SMARTS) is 1. The van der Waals surface area contributed by atoms with Crippen LogP contribution in [0.2, 0.25) is 0 Å². The largest absolute Gasteiger partial charge is 0.481 e. The number of urea groups is 1. The van der Waals surface area contributed by atoms with Gasteiger partial charge in [-0.25, -0.2) is 4.79 Å². The first kappa shape index (κ1) is 14.8. The van der Waals surface area contributed by atoms with E-state index in [1.54, 1.807) is 16.2 Å². The van der Waals surface area contributed by atoms with Gasteiger partial charge in [0.05, 0.1) is 0 Å². The average Bonchev–Trinajstić information content (AvgIpc) is 3.02. The molecule has 0 spiro atoms. The van der Waals surface area contributed by atoms with Crippen molar-refractivity contribution >= 4 is 23.3 Å². The summed E-state index contributed by atoms with van der Waals surface area (Å²) in [4.78, 5) is 24.4. The Bertz CT molecular complexity index is 487. The molecule has 6 heteroatoms. The molecule has 1 aliphatic heterocycles. The zero-order valence-corrected chi connectivity index (χ0v) is 12.4. The molecule has 1 aromatic heterocycles. The van der Waals surface area contributed by atoms with E-state index in [2.05, 4.69) is 16.1 Å². The number of nitrogens with zero attached hydrogens (tertiary/aromatic N) is 1. The third-order valence-corrected chi connectivity index (χ3v) is 4.64. The maximum absolute atomic E-state index is 12.0. The number of amides is 2. The van der Waals surface area contributed by atoms with Crippen LogP contribution in [0.1, 0.15) is 30.4 Å². The van der Waals surface area contributed by atoms with Crippen LogP contribution in [0.15, 0.2) is 10.8 Å². The molecule has 1 aliphatic rings. The highest BCUT2D eigenvalue weighted by molar-refractivity contribution is 7.08. The van der Waals surface area contributed by atoms with Crippen molar-refractivity contribution in [2.45, 2.75) is 32.7 Å². The highest BCUT2D eigenvalue weighted by atomic mass is 32.1. The first-order valence-electron chi connectivity index (χ1n) is 6.82. The van der Waals surface area contributed by atoms with Gasteiger partial charge >= 0.3 is 12.0 Å². The molecular formula is C14H20N2O3S. The quantitative estimate of drug-likeness (QED) is 0.877. The predicted molar refractivity (Wildman–Crippen MR) is 77.8 cm³/mol. The van der Waals surface area contributed by atoms with Crippen molar-refractivity contribution in [3.63, 3.8) is 0 Å². The summed E-state index contributed by atoms with van der Waals surface area (Å²) in [7, 11) is 0. The molecule has 1 fully saturated rings. The Morgan fingerprint density at radius 2 is 2.30 bits per heavy atom. The molecule has 2 rings (SSSR count). The summed E-state index contributed by atoms with van der Waals surface area (Å²) in [6.45, 7) is 3.99. The Morgan fingerprint density at radius 3 is 2.95 bits per heavy atom. The lowest BCUT2D eigenvalue weighted by molar-refractivity contribution is -0.137. The molecule has 110 valence electrons. The minimum absolute atomic E-state index is 0.0478. The summed E-state index contributed by atoms with van der Waals surface area (Å²) in [6.07, 6.45) is 1.75. The second-order valence-corrected chi connectivity index (χ2v) is 6.02. The summed E-state index contributed by atoms with van der Waals surface area (Å²) in [5.41, 5.74) is 2.36. The smallest absolute Gasteiger partial charge is 0.317 e. The van der Waals surface area contributed by atoms with Crippen LogP contribution < -0.4 is 5.32 Å². The van der Waals surface area contributed by atoms with Crippen molar-refractivity contribution in [1.29, 1.82) is 0 Å². The summed E-state index contributed by atoms with van der Waals surface area (Å²) in [5, 5.41) is 15.7. The zero-order valence-electron chi connectivity index (χ0n) is 11.6. The van der Waals surface area contributed by atoms with Gasteiger partial charge in [0.25, 0.3) is 0 Å². The van der Waals surface area contributed by atoms with Gasteiger partial charge in [-0.1, -0.05) is 0 Å². The van der Waals surface area contributed by atoms with E-state index in [1.165, 1.54) is 5.56 Å². The van der Waals surface area contributed by atoms with Gasteiger partial charge in [0.2, 0.25) is 0 Å². The molecule has 2 N–H and O–H groups in total. The topological polar surface area (TPSA) is 69.6 Å². The third-order valence-electron chi connectivity index (χ3n) is 3.73. The average molecular weight is 296 g/mol. The van der Waals surface area contributed by atoms with Crippen LogP contribution in [0.4, 0.5) is 4.79 Å². The molecule has 1 atom stereocenters. The first-order chi connectivity index (χ1) is 9.56. The van der Waals surface area contributed by atoms with Crippen molar-refractivity contribution in [3.05, 3.63) is 21.9 Å². The maximum Gasteiger partial charge on any atom is 0.317 e. The molecule has 0 bridgehead atoms. The predicted octanol–water partition coefficient (Wildman–Crippen LogP) is 2.45. The van der Waals surface area contributed by atoms with Crippen LogP contribution >= 0.6 is 11.3 Å². The molecule has 2 heterocycles. The number of carbonyl (C=O) groups excluding carboxylic acids is 1. The van der Waals surface area contributed by atoms with E-state index in [0.29, 0.717) is 25.4 Å². The highest BCUT2D eigenvalue weighted by Gasteiger charge is 2.26. The lowest BCUT2D eigenvalue weighted by Crippen LogP contribution is -2.38. The van der Waals surface area contributed by atoms with E-state index in [1.807, 2.05) is 6.92 Å². The van der Waals surface area contributed by atoms with Gasteiger partial charge in [-0.3, -0.25) is 4.79 Å². The minimum atomic E-state index is -0.763. The Hall–Kier alpha value is -1.56. The van der Waals surface area contributed by atoms with E-state index in [-0.39, 0.29) is 12.5 Å². The van der Waals surface area contributed by atoms with E-state index in [0.717, 1.165) is 18.5 Å². The number of hydrogen-bond donors (Lipinski definition) is 2. The molecule has 0 saturated carbocycles. The molecule has 1 unspecified atom stereocenters. The molecule has 2 amide bonds. The number of likely N-dealkylation sites (tertiary alicyclic amines) is 1. The zero-order chi connectivity index (χ0) is 14.5. The fraction of sp³-hybridized carbons (Fsp3) is 0.571. The Labute approximate surface area is 122 Å². The molecule has 0 aliphatic carbocycles. The Kier molecular flexibility index (Phi) is 5.00. The summed E-state index contributed by atoms with van der Waals surface area (Å²) < 4.78 is 0. The number of rotatable bonds is 5. The van der Waals surface area contributed by atoms with Gasteiger partial charge in [-0.05, 0) is 47.6 Å². The van der Waals surface area contributed by atoms with Crippen molar-refractivity contribution in [3.8, 4) is 0 Å². The summed E-state index contributed by atoms with van der Waals surface area (Å²) in [6, 6.07) is -0.0478. The highest BCUT2D eigenvalue weighted by Crippen LogP contribution is 2.21. The van der Waals surface area contributed by atoms with E-state index < -0.39 is 5.97 Å². The van der Waals surface area contributed by atoms with Crippen LogP contribution in [0.3, 0.4) is 0 Å². The van der Waals surface area contributed by atoms with Gasteiger partial charge in [0.1, 0.15) is 0 Å². The number of aliphatic carboxylic acids is 1. The van der Waals surface area contributed by atoms with Gasteiger partial charge in [0.15, 0.2) is 0 Å².